The SMILES string of the molecule is C[C@H]1COc2ccc(-c3cccnc3)cc2CN1C(=O)Nc1ccccc1F. The lowest BCUT2D eigenvalue weighted by molar-refractivity contribution is 0.167. The molecule has 28 heavy (non-hydrogen) atoms. The van der Waals surface area contributed by atoms with Gasteiger partial charge in [0.1, 0.15) is 18.2 Å². The smallest absolute Gasteiger partial charge is 0.322 e. The second-order valence-electron chi connectivity index (χ2n) is 6.76. The van der Waals surface area contributed by atoms with Gasteiger partial charge in [-0.15, -0.1) is 0 Å². The zero-order valence-corrected chi connectivity index (χ0v) is 15.4. The minimum absolute atomic E-state index is 0.161. The molecule has 6 heteroatoms. The van der Waals surface area contributed by atoms with Crippen LogP contribution in [0.2, 0.25) is 0 Å². The van der Waals surface area contributed by atoms with E-state index >= 15 is 0 Å². The van der Waals surface area contributed by atoms with E-state index < -0.39 is 5.82 Å². The first-order valence-corrected chi connectivity index (χ1v) is 9.10. The highest BCUT2D eigenvalue weighted by atomic mass is 19.1. The van der Waals surface area contributed by atoms with Gasteiger partial charge in [-0.3, -0.25) is 4.98 Å². The van der Waals surface area contributed by atoms with Gasteiger partial charge in [0.25, 0.3) is 0 Å². The van der Waals surface area contributed by atoms with E-state index in [0.717, 1.165) is 22.4 Å². The summed E-state index contributed by atoms with van der Waals surface area (Å²) in [6.07, 6.45) is 3.52. The first kappa shape index (κ1) is 18.0. The number of urea groups is 1. The molecule has 0 spiro atoms. The van der Waals surface area contributed by atoms with Crippen molar-refractivity contribution in [2.45, 2.75) is 19.5 Å². The molecule has 2 amide bonds. The Labute approximate surface area is 162 Å². The van der Waals surface area contributed by atoms with Crippen LogP contribution in [-0.4, -0.2) is 28.6 Å². The summed E-state index contributed by atoms with van der Waals surface area (Å²) in [5.74, 6) is 0.287. The molecule has 5 nitrogen and oxygen atoms in total. The topological polar surface area (TPSA) is 54.5 Å². The number of aromatic nitrogens is 1. The molecule has 0 fully saturated rings. The molecule has 2 aromatic carbocycles. The minimum atomic E-state index is -0.464. The predicted octanol–water partition coefficient (Wildman–Crippen LogP) is 4.70. The van der Waals surface area contributed by atoms with Gasteiger partial charge in [0.05, 0.1) is 18.3 Å². The van der Waals surface area contributed by atoms with Crippen molar-refractivity contribution in [2.75, 3.05) is 11.9 Å². The fourth-order valence-corrected chi connectivity index (χ4v) is 3.22. The van der Waals surface area contributed by atoms with Gasteiger partial charge in [0.2, 0.25) is 0 Å². The number of pyridine rings is 1. The van der Waals surface area contributed by atoms with Crippen molar-refractivity contribution < 1.29 is 13.9 Å². The summed E-state index contributed by atoms with van der Waals surface area (Å²) in [7, 11) is 0. The molecule has 0 aliphatic carbocycles. The first-order chi connectivity index (χ1) is 13.6. The molecule has 0 bridgehead atoms. The summed E-state index contributed by atoms with van der Waals surface area (Å²) in [6, 6.07) is 15.4. The van der Waals surface area contributed by atoms with E-state index in [2.05, 4.69) is 10.3 Å². The summed E-state index contributed by atoms with van der Waals surface area (Å²) in [5, 5.41) is 2.66. The zero-order chi connectivity index (χ0) is 19.5. The van der Waals surface area contributed by atoms with Crippen molar-refractivity contribution in [3.63, 3.8) is 0 Å². The first-order valence-electron chi connectivity index (χ1n) is 9.10. The maximum atomic E-state index is 13.9. The van der Waals surface area contributed by atoms with Crippen LogP contribution in [0.25, 0.3) is 11.1 Å². The van der Waals surface area contributed by atoms with Gasteiger partial charge in [0.15, 0.2) is 0 Å². The summed E-state index contributed by atoms with van der Waals surface area (Å²) in [5.41, 5.74) is 3.05. The number of hydrogen-bond donors (Lipinski definition) is 1. The fraction of sp³-hybridized carbons (Fsp3) is 0.182. The number of fused-ring (bicyclic) bond motifs is 1. The second kappa shape index (κ2) is 7.68. The number of hydrogen-bond acceptors (Lipinski definition) is 3. The molecule has 1 aliphatic heterocycles. The Hall–Kier alpha value is -3.41. The number of benzene rings is 2. The standard InChI is InChI=1S/C22H20FN3O2/c1-15-14-28-21-9-8-16(17-5-4-10-24-12-17)11-18(21)13-26(15)22(27)25-20-7-3-2-6-19(20)23/h2-12,15H,13-14H2,1H3,(H,25,27)/t15-/m0/s1. The Morgan fingerprint density at radius 3 is 2.82 bits per heavy atom. The Bertz CT molecular complexity index is 994. The van der Waals surface area contributed by atoms with Crippen LogP contribution < -0.4 is 10.1 Å². The van der Waals surface area contributed by atoms with Gasteiger partial charge in [-0.25, -0.2) is 9.18 Å². The molecule has 0 saturated carbocycles. The van der Waals surface area contributed by atoms with Crippen molar-refractivity contribution in [1.29, 1.82) is 0 Å². The number of halogens is 1. The highest BCUT2D eigenvalue weighted by molar-refractivity contribution is 5.89. The lowest BCUT2D eigenvalue weighted by Gasteiger charge is -2.26. The maximum absolute atomic E-state index is 13.9. The van der Waals surface area contributed by atoms with E-state index in [-0.39, 0.29) is 17.8 Å². The highest BCUT2D eigenvalue weighted by Gasteiger charge is 2.26. The van der Waals surface area contributed by atoms with Crippen LogP contribution in [0.5, 0.6) is 5.75 Å². The van der Waals surface area contributed by atoms with Crippen molar-refractivity contribution >= 4 is 11.7 Å². The predicted molar refractivity (Wildman–Crippen MR) is 106 cm³/mol. The molecular formula is C22H20FN3O2. The number of ether oxygens (including phenoxy) is 1. The number of anilines is 1. The van der Waals surface area contributed by atoms with Crippen molar-refractivity contribution in [2.24, 2.45) is 0 Å². The quantitative estimate of drug-likeness (QED) is 0.704. The zero-order valence-electron chi connectivity index (χ0n) is 15.4. The third-order valence-corrected chi connectivity index (χ3v) is 4.78. The van der Waals surface area contributed by atoms with Crippen molar-refractivity contribution in [3.05, 3.63) is 78.4 Å². The van der Waals surface area contributed by atoms with E-state index in [1.54, 1.807) is 35.5 Å². The molecule has 3 aromatic rings. The third kappa shape index (κ3) is 3.67. The lowest BCUT2D eigenvalue weighted by Crippen LogP contribution is -2.42. The summed E-state index contributed by atoms with van der Waals surface area (Å²) >= 11 is 0. The Morgan fingerprint density at radius 2 is 2.04 bits per heavy atom. The molecule has 142 valence electrons. The molecule has 0 saturated heterocycles. The number of rotatable bonds is 2. The maximum Gasteiger partial charge on any atom is 0.322 e. The van der Waals surface area contributed by atoms with Gasteiger partial charge in [-0.05, 0) is 42.8 Å². The average Bonchev–Trinajstić information content (AvgIpc) is 2.89. The van der Waals surface area contributed by atoms with Gasteiger partial charge in [-0.2, -0.15) is 0 Å². The Morgan fingerprint density at radius 1 is 1.18 bits per heavy atom. The highest BCUT2D eigenvalue weighted by Crippen LogP contribution is 2.30. The fourth-order valence-electron chi connectivity index (χ4n) is 3.22. The van der Waals surface area contributed by atoms with Gasteiger partial charge < -0.3 is 15.0 Å². The van der Waals surface area contributed by atoms with Crippen molar-refractivity contribution in [3.8, 4) is 16.9 Å². The van der Waals surface area contributed by atoms with Crippen molar-refractivity contribution in [1.82, 2.24) is 9.88 Å². The minimum Gasteiger partial charge on any atom is -0.491 e. The van der Waals surface area contributed by atoms with Crippen LogP contribution in [-0.2, 0) is 6.54 Å². The van der Waals surface area contributed by atoms with E-state index in [1.807, 2.05) is 37.3 Å². The molecule has 4 rings (SSSR count). The van der Waals surface area contributed by atoms with Crippen LogP contribution in [0.3, 0.4) is 0 Å². The molecule has 1 aromatic heterocycles. The Balaban J connectivity index is 1.61. The number of carbonyl (C=O) groups excluding carboxylic acids is 1. The van der Waals surface area contributed by atoms with Crippen LogP contribution in [0.1, 0.15) is 12.5 Å². The van der Waals surface area contributed by atoms with Gasteiger partial charge in [-0.1, -0.05) is 24.3 Å². The summed E-state index contributed by atoms with van der Waals surface area (Å²) in [6.45, 7) is 2.64. The second-order valence-corrected chi connectivity index (χ2v) is 6.76. The Kier molecular flexibility index (Phi) is 4.93. The number of carbonyl (C=O) groups is 1. The van der Waals surface area contributed by atoms with E-state index in [1.165, 1.54) is 6.07 Å². The average molecular weight is 377 g/mol. The molecule has 1 N–H and O–H groups in total. The van der Waals surface area contributed by atoms with Gasteiger partial charge >= 0.3 is 6.03 Å². The lowest BCUT2D eigenvalue weighted by atomic mass is 10.0. The number of para-hydroxylation sites is 1. The molecule has 1 aliphatic rings. The number of nitrogens with zero attached hydrogens (tertiary/aromatic N) is 2. The summed E-state index contributed by atoms with van der Waals surface area (Å²) < 4.78 is 19.8. The summed E-state index contributed by atoms with van der Waals surface area (Å²) in [4.78, 5) is 18.6. The van der Waals surface area contributed by atoms with Crippen LogP contribution >= 0.6 is 0 Å². The van der Waals surface area contributed by atoms with Crippen LogP contribution in [0, 0.1) is 5.82 Å². The van der Waals surface area contributed by atoms with E-state index in [0.29, 0.717) is 13.2 Å². The number of amides is 2. The van der Waals surface area contributed by atoms with E-state index in [9.17, 15) is 9.18 Å². The third-order valence-electron chi connectivity index (χ3n) is 4.78. The largest absolute Gasteiger partial charge is 0.491 e. The molecule has 0 radical (unpaired) electrons. The van der Waals surface area contributed by atoms with E-state index in [4.69, 9.17) is 4.74 Å². The van der Waals surface area contributed by atoms with Gasteiger partial charge in [0, 0.05) is 23.5 Å². The molecule has 1 atom stereocenters. The monoisotopic (exact) mass is 377 g/mol. The van der Waals surface area contributed by atoms with Crippen LogP contribution in [0.4, 0.5) is 14.9 Å². The number of nitrogens with one attached hydrogen (secondary N) is 1. The normalized spacial score (nSPS) is 15.9. The molecule has 0 unspecified atom stereocenters. The molecule has 2 heterocycles. The molecular weight excluding hydrogens is 357 g/mol. The van der Waals surface area contributed by atoms with Crippen LogP contribution in [0.15, 0.2) is 67.0 Å².